The van der Waals surface area contributed by atoms with E-state index in [4.69, 9.17) is 5.73 Å². The lowest BCUT2D eigenvalue weighted by molar-refractivity contribution is 0.668. The second-order valence-corrected chi connectivity index (χ2v) is 5.17. The maximum Gasteiger partial charge on any atom is 0.222 e. The molecule has 0 aliphatic rings. The summed E-state index contributed by atoms with van der Waals surface area (Å²) in [6.07, 6.45) is 0. The van der Waals surface area contributed by atoms with Crippen LogP contribution in [0, 0.1) is 0 Å². The summed E-state index contributed by atoms with van der Waals surface area (Å²) in [4.78, 5) is 10.3. The molecule has 114 valence electrons. The van der Waals surface area contributed by atoms with Gasteiger partial charge >= 0.3 is 0 Å². The SMILES string of the molecule is CN(C)c1cc(-c2ccccc2)nc(N)n1.CNC(C)C. The van der Waals surface area contributed by atoms with Gasteiger partial charge in [0.2, 0.25) is 5.95 Å². The monoisotopic (exact) mass is 287 g/mol. The molecule has 0 radical (unpaired) electrons. The Kier molecular flexibility index (Phi) is 6.62. The summed E-state index contributed by atoms with van der Waals surface area (Å²) in [6.45, 7) is 4.22. The highest BCUT2D eigenvalue weighted by Crippen LogP contribution is 2.21. The zero-order chi connectivity index (χ0) is 15.8. The molecule has 0 bridgehead atoms. The molecule has 1 aromatic carbocycles. The Labute approximate surface area is 127 Å². The number of nitrogen functional groups attached to an aromatic ring is 1. The summed E-state index contributed by atoms with van der Waals surface area (Å²) in [6, 6.07) is 12.5. The van der Waals surface area contributed by atoms with Crippen molar-refractivity contribution >= 4 is 11.8 Å². The molecule has 3 N–H and O–H groups in total. The molecule has 5 nitrogen and oxygen atoms in total. The number of nitrogens with zero attached hydrogens (tertiary/aromatic N) is 3. The zero-order valence-corrected chi connectivity index (χ0v) is 13.5. The highest BCUT2D eigenvalue weighted by molar-refractivity contribution is 5.64. The van der Waals surface area contributed by atoms with Crippen molar-refractivity contribution in [2.75, 3.05) is 31.8 Å². The Morgan fingerprint density at radius 3 is 2.14 bits per heavy atom. The fraction of sp³-hybridized carbons (Fsp3) is 0.375. The van der Waals surface area contributed by atoms with Crippen LogP contribution >= 0.6 is 0 Å². The van der Waals surface area contributed by atoms with Gasteiger partial charge < -0.3 is 16.0 Å². The van der Waals surface area contributed by atoms with Gasteiger partial charge in [0.05, 0.1) is 5.69 Å². The molecule has 1 heterocycles. The number of nitrogens with one attached hydrogen (secondary N) is 1. The minimum Gasteiger partial charge on any atom is -0.368 e. The van der Waals surface area contributed by atoms with E-state index in [0.717, 1.165) is 17.1 Å². The number of benzene rings is 1. The van der Waals surface area contributed by atoms with Crippen molar-refractivity contribution in [1.82, 2.24) is 15.3 Å². The third kappa shape index (κ3) is 5.79. The van der Waals surface area contributed by atoms with Gasteiger partial charge in [-0.15, -0.1) is 0 Å². The number of nitrogens with two attached hydrogens (primary N) is 1. The average Bonchev–Trinajstić information content (AvgIpc) is 2.48. The molecule has 0 atom stereocenters. The van der Waals surface area contributed by atoms with Gasteiger partial charge in [-0.25, -0.2) is 4.98 Å². The van der Waals surface area contributed by atoms with Gasteiger partial charge in [0.15, 0.2) is 0 Å². The molecule has 0 amide bonds. The highest BCUT2D eigenvalue weighted by atomic mass is 15.2. The predicted molar refractivity (Wildman–Crippen MR) is 90.4 cm³/mol. The van der Waals surface area contributed by atoms with Crippen LogP contribution in [0.1, 0.15) is 13.8 Å². The molecule has 0 saturated heterocycles. The topological polar surface area (TPSA) is 67.1 Å². The summed E-state index contributed by atoms with van der Waals surface area (Å²) in [5.74, 6) is 1.11. The van der Waals surface area contributed by atoms with E-state index < -0.39 is 0 Å². The van der Waals surface area contributed by atoms with Crippen LogP contribution in [0.4, 0.5) is 11.8 Å². The number of aromatic nitrogens is 2. The summed E-state index contributed by atoms with van der Waals surface area (Å²) < 4.78 is 0. The molecule has 0 aliphatic carbocycles. The molecule has 0 unspecified atom stereocenters. The molecule has 21 heavy (non-hydrogen) atoms. The Balaban J connectivity index is 0.000000383. The van der Waals surface area contributed by atoms with Crippen molar-refractivity contribution in [3.8, 4) is 11.3 Å². The first-order valence-corrected chi connectivity index (χ1v) is 6.98. The highest BCUT2D eigenvalue weighted by Gasteiger charge is 2.05. The first-order chi connectivity index (χ1) is 9.93. The first kappa shape index (κ1) is 16.9. The largest absolute Gasteiger partial charge is 0.368 e. The average molecular weight is 287 g/mol. The van der Waals surface area contributed by atoms with Crippen LogP contribution in [0.3, 0.4) is 0 Å². The second-order valence-electron chi connectivity index (χ2n) is 5.17. The Hall–Kier alpha value is -2.14. The van der Waals surface area contributed by atoms with E-state index in [1.54, 1.807) is 0 Å². The predicted octanol–water partition coefficient (Wildman–Crippen LogP) is 2.41. The lowest BCUT2D eigenvalue weighted by Crippen LogP contribution is -2.15. The molecule has 2 rings (SSSR count). The maximum absolute atomic E-state index is 5.69. The van der Waals surface area contributed by atoms with Crippen molar-refractivity contribution in [2.45, 2.75) is 19.9 Å². The number of hydrogen-bond donors (Lipinski definition) is 2. The minimum absolute atomic E-state index is 0.296. The normalized spacial score (nSPS) is 10.0. The van der Waals surface area contributed by atoms with Crippen LogP contribution in [0.5, 0.6) is 0 Å². The third-order valence-corrected chi connectivity index (χ3v) is 2.84. The standard InChI is InChI=1S/C12H14N4.C4H11N/c1-16(2)11-8-10(14-12(13)15-11)9-6-4-3-5-7-9;1-4(2)5-3/h3-8H,1-2H3,(H2,13,14,15);4-5H,1-3H3. The van der Waals surface area contributed by atoms with Crippen molar-refractivity contribution in [3.05, 3.63) is 36.4 Å². The van der Waals surface area contributed by atoms with E-state index in [-0.39, 0.29) is 0 Å². The fourth-order valence-corrected chi connectivity index (χ4v) is 1.44. The zero-order valence-electron chi connectivity index (χ0n) is 13.5. The van der Waals surface area contributed by atoms with Crippen molar-refractivity contribution < 1.29 is 0 Å². The van der Waals surface area contributed by atoms with E-state index in [1.807, 2.05) is 62.4 Å². The van der Waals surface area contributed by atoms with Crippen molar-refractivity contribution in [2.24, 2.45) is 0 Å². The lowest BCUT2D eigenvalue weighted by Gasteiger charge is -2.12. The van der Waals surface area contributed by atoms with E-state index in [9.17, 15) is 0 Å². The van der Waals surface area contributed by atoms with E-state index in [0.29, 0.717) is 12.0 Å². The molecule has 2 aromatic rings. The van der Waals surface area contributed by atoms with Gasteiger partial charge in [-0.3, -0.25) is 0 Å². The first-order valence-electron chi connectivity index (χ1n) is 6.98. The van der Waals surface area contributed by atoms with E-state index >= 15 is 0 Å². The van der Waals surface area contributed by atoms with Crippen molar-refractivity contribution in [1.29, 1.82) is 0 Å². The molecule has 1 aromatic heterocycles. The Bertz CT molecular complexity index is 538. The molecule has 0 spiro atoms. The Morgan fingerprint density at radius 1 is 1.10 bits per heavy atom. The van der Waals surface area contributed by atoms with Crippen LogP contribution in [0.25, 0.3) is 11.3 Å². The van der Waals surface area contributed by atoms with Crippen molar-refractivity contribution in [3.63, 3.8) is 0 Å². The summed E-state index contributed by atoms with van der Waals surface area (Å²) >= 11 is 0. The molecular formula is C16H25N5. The van der Waals surface area contributed by atoms with Crippen LogP contribution in [0.2, 0.25) is 0 Å². The minimum atomic E-state index is 0.296. The van der Waals surface area contributed by atoms with Gasteiger partial charge in [-0.2, -0.15) is 4.98 Å². The van der Waals surface area contributed by atoms with Gasteiger partial charge in [0.1, 0.15) is 5.82 Å². The summed E-state index contributed by atoms with van der Waals surface area (Å²) in [5, 5.41) is 3.03. The quantitative estimate of drug-likeness (QED) is 0.907. The third-order valence-electron chi connectivity index (χ3n) is 2.84. The number of anilines is 2. The van der Waals surface area contributed by atoms with Gasteiger partial charge in [-0.05, 0) is 7.05 Å². The smallest absolute Gasteiger partial charge is 0.222 e. The van der Waals surface area contributed by atoms with Crippen LogP contribution in [0.15, 0.2) is 36.4 Å². The molecule has 0 fully saturated rings. The van der Waals surface area contributed by atoms with E-state index in [1.165, 1.54) is 0 Å². The van der Waals surface area contributed by atoms with Gasteiger partial charge in [0, 0.05) is 31.8 Å². The van der Waals surface area contributed by atoms with E-state index in [2.05, 4.69) is 29.1 Å². The molecule has 5 heteroatoms. The second kappa shape index (κ2) is 8.21. The van der Waals surface area contributed by atoms with Crippen LogP contribution in [-0.2, 0) is 0 Å². The fourth-order valence-electron chi connectivity index (χ4n) is 1.44. The molecular weight excluding hydrogens is 262 g/mol. The number of rotatable bonds is 3. The summed E-state index contributed by atoms with van der Waals surface area (Å²) in [5.41, 5.74) is 7.57. The van der Waals surface area contributed by atoms with Gasteiger partial charge in [0.25, 0.3) is 0 Å². The lowest BCUT2D eigenvalue weighted by atomic mass is 10.1. The Morgan fingerprint density at radius 2 is 1.67 bits per heavy atom. The van der Waals surface area contributed by atoms with Gasteiger partial charge in [-0.1, -0.05) is 44.2 Å². The number of hydrogen-bond acceptors (Lipinski definition) is 5. The van der Waals surface area contributed by atoms with Crippen LogP contribution in [-0.4, -0.2) is 37.2 Å². The maximum atomic E-state index is 5.69. The molecule has 0 aliphatic heterocycles. The van der Waals surface area contributed by atoms with Crippen LogP contribution < -0.4 is 16.0 Å². The summed E-state index contributed by atoms with van der Waals surface area (Å²) in [7, 11) is 5.80. The molecule has 0 saturated carbocycles.